The van der Waals surface area contributed by atoms with Crippen LogP contribution in [0.15, 0.2) is 58.1 Å². The number of amides is 1. The van der Waals surface area contributed by atoms with Gasteiger partial charge in [0.1, 0.15) is 6.04 Å². The van der Waals surface area contributed by atoms with Crippen molar-refractivity contribution in [3.05, 3.63) is 74.9 Å². The summed E-state index contributed by atoms with van der Waals surface area (Å²) >= 11 is 0. The van der Waals surface area contributed by atoms with E-state index in [0.29, 0.717) is 22.2 Å². The molecule has 1 aromatic heterocycles. The molecular weight excluding hydrogens is 362 g/mol. The highest BCUT2D eigenvalue weighted by molar-refractivity contribution is 5.82. The summed E-state index contributed by atoms with van der Waals surface area (Å²) in [7, 11) is 1.60. The minimum Gasteiger partial charge on any atom is -0.480 e. The van der Waals surface area contributed by atoms with E-state index in [9.17, 15) is 24.3 Å². The first-order valence-corrected chi connectivity index (χ1v) is 8.59. The molecule has 0 aliphatic carbocycles. The number of carbonyl (C=O) groups excluding carboxylic acids is 1. The quantitative estimate of drug-likeness (QED) is 0.680. The number of benzene rings is 2. The number of aromatic nitrogens is 2. The lowest BCUT2D eigenvalue weighted by Gasteiger charge is -2.14. The van der Waals surface area contributed by atoms with Crippen LogP contribution in [0.5, 0.6) is 0 Å². The summed E-state index contributed by atoms with van der Waals surface area (Å²) in [5, 5.41) is 12.0. The van der Waals surface area contributed by atoms with Gasteiger partial charge in [-0.15, -0.1) is 0 Å². The second kappa shape index (κ2) is 7.51. The smallest absolute Gasteiger partial charge is 0.335 e. The van der Waals surface area contributed by atoms with Crippen molar-refractivity contribution in [1.82, 2.24) is 14.5 Å². The molecule has 0 fully saturated rings. The third-order valence-corrected chi connectivity index (χ3v) is 4.49. The van der Waals surface area contributed by atoms with Gasteiger partial charge in [0, 0.05) is 20.4 Å². The second-order valence-electron chi connectivity index (χ2n) is 6.46. The fraction of sp³-hybridized carbons (Fsp3) is 0.200. The van der Waals surface area contributed by atoms with Gasteiger partial charge in [-0.3, -0.25) is 14.2 Å². The minimum absolute atomic E-state index is 0.0832. The predicted molar refractivity (Wildman–Crippen MR) is 104 cm³/mol. The SMILES string of the molecule is CC(=O)N[C@@H](Cc1ccc(-n2c(=O)c3ccccc3n(C)c2=O)cc1)C(=O)O. The summed E-state index contributed by atoms with van der Waals surface area (Å²) in [4.78, 5) is 47.9. The van der Waals surface area contributed by atoms with Crippen molar-refractivity contribution < 1.29 is 14.7 Å². The molecule has 1 heterocycles. The number of carboxylic acids is 1. The van der Waals surface area contributed by atoms with E-state index in [1.54, 1.807) is 55.6 Å². The summed E-state index contributed by atoms with van der Waals surface area (Å²) in [6, 6.07) is 12.2. The highest BCUT2D eigenvalue weighted by atomic mass is 16.4. The Hall–Kier alpha value is -3.68. The minimum atomic E-state index is -1.14. The van der Waals surface area contributed by atoms with Crippen LogP contribution in [0.25, 0.3) is 16.6 Å². The molecule has 0 radical (unpaired) electrons. The van der Waals surface area contributed by atoms with Gasteiger partial charge in [0.15, 0.2) is 0 Å². The van der Waals surface area contributed by atoms with Crippen LogP contribution in [0, 0.1) is 0 Å². The molecule has 3 rings (SSSR count). The summed E-state index contributed by atoms with van der Waals surface area (Å²) in [5.74, 6) is -1.57. The maximum absolute atomic E-state index is 12.8. The number of aliphatic carboxylic acids is 1. The summed E-state index contributed by atoms with van der Waals surface area (Å²) in [6.45, 7) is 1.25. The van der Waals surface area contributed by atoms with Gasteiger partial charge in [-0.1, -0.05) is 24.3 Å². The molecule has 0 saturated carbocycles. The lowest BCUT2D eigenvalue weighted by Crippen LogP contribution is -2.41. The van der Waals surface area contributed by atoms with E-state index in [-0.39, 0.29) is 6.42 Å². The fourth-order valence-electron chi connectivity index (χ4n) is 3.10. The number of aryl methyl sites for hydroxylation is 1. The van der Waals surface area contributed by atoms with Crippen LogP contribution in [0.2, 0.25) is 0 Å². The van der Waals surface area contributed by atoms with E-state index in [2.05, 4.69) is 5.32 Å². The maximum atomic E-state index is 12.8. The monoisotopic (exact) mass is 381 g/mol. The first-order valence-electron chi connectivity index (χ1n) is 8.59. The van der Waals surface area contributed by atoms with Gasteiger partial charge in [-0.25, -0.2) is 14.2 Å². The van der Waals surface area contributed by atoms with E-state index >= 15 is 0 Å². The van der Waals surface area contributed by atoms with Crippen LogP contribution >= 0.6 is 0 Å². The number of carbonyl (C=O) groups is 2. The molecule has 0 aliphatic heterocycles. The van der Waals surface area contributed by atoms with Gasteiger partial charge in [-0.05, 0) is 29.8 Å². The molecule has 28 heavy (non-hydrogen) atoms. The van der Waals surface area contributed by atoms with Gasteiger partial charge in [0.2, 0.25) is 5.91 Å². The lowest BCUT2D eigenvalue weighted by molar-refractivity contribution is -0.141. The Balaban J connectivity index is 2.01. The molecular formula is C20H19N3O5. The highest BCUT2D eigenvalue weighted by Gasteiger charge is 2.19. The Bertz CT molecular complexity index is 1180. The molecule has 3 aromatic rings. The maximum Gasteiger partial charge on any atom is 0.335 e. The third kappa shape index (κ3) is 3.57. The number of carboxylic acid groups (broad SMARTS) is 1. The van der Waals surface area contributed by atoms with E-state index < -0.39 is 29.2 Å². The molecule has 2 N–H and O–H groups in total. The zero-order valence-electron chi connectivity index (χ0n) is 15.4. The average molecular weight is 381 g/mol. The second-order valence-corrected chi connectivity index (χ2v) is 6.46. The molecule has 0 unspecified atom stereocenters. The van der Waals surface area contributed by atoms with Crippen LogP contribution < -0.4 is 16.6 Å². The largest absolute Gasteiger partial charge is 0.480 e. The Kier molecular flexibility index (Phi) is 5.12. The Morgan fingerprint density at radius 2 is 1.71 bits per heavy atom. The number of hydrogen-bond acceptors (Lipinski definition) is 4. The van der Waals surface area contributed by atoms with Gasteiger partial charge >= 0.3 is 11.7 Å². The molecule has 144 valence electrons. The fourth-order valence-corrected chi connectivity index (χ4v) is 3.10. The van der Waals surface area contributed by atoms with Gasteiger partial charge in [-0.2, -0.15) is 0 Å². The summed E-state index contributed by atoms with van der Waals surface area (Å²) in [6.07, 6.45) is 0.0832. The molecule has 0 spiro atoms. The number of para-hydroxylation sites is 1. The normalized spacial score (nSPS) is 11.9. The Morgan fingerprint density at radius 1 is 1.07 bits per heavy atom. The van der Waals surface area contributed by atoms with Crippen LogP contribution in [0.4, 0.5) is 0 Å². The number of nitrogens with zero attached hydrogens (tertiary/aromatic N) is 2. The van der Waals surface area contributed by atoms with Gasteiger partial charge in [0.25, 0.3) is 5.56 Å². The summed E-state index contributed by atoms with van der Waals surface area (Å²) in [5.41, 5.74) is 0.679. The van der Waals surface area contributed by atoms with Crippen LogP contribution in [0.1, 0.15) is 12.5 Å². The zero-order chi connectivity index (χ0) is 20.4. The van der Waals surface area contributed by atoms with Crippen molar-refractivity contribution in [3.8, 4) is 5.69 Å². The standard InChI is InChI=1S/C20H19N3O5/c1-12(24)21-16(19(26)27)11-13-7-9-14(10-8-13)23-18(25)15-5-3-4-6-17(15)22(2)20(23)28/h3-10,16H,11H2,1-2H3,(H,21,24)(H,26,27)/t16-/m0/s1. The third-order valence-electron chi connectivity index (χ3n) is 4.49. The molecule has 1 amide bonds. The van der Waals surface area contributed by atoms with Crippen molar-refractivity contribution >= 4 is 22.8 Å². The number of fused-ring (bicyclic) bond motifs is 1. The lowest BCUT2D eigenvalue weighted by atomic mass is 10.1. The van der Waals surface area contributed by atoms with Crippen molar-refractivity contribution in [2.75, 3.05) is 0 Å². The molecule has 1 atom stereocenters. The van der Waals surface area contributed by atoms with Crippen LogP contribution in [0.3, 0.4) is 0 Å². The van der Waals surface area contributed by atoms with E-state index in [0.717, 1.165) is 4.57 Å². The molecule has 0 bridgehead atoms. The number of rotatable bonds is 5. The molecule has 0 aliphatic rings. The van der Waals surface area contributed by atoms with Crippen LogP contribution in [-0.4, -0.2) is 32.2 Å². The van der Waals surface area contributed by atoms with Crippen molar-refractivity contribution in [2.45, 2.75) is 19.4 Å². The van der Waals surface area contributed by atoms with Crippen LogP contribution in [-0.2, 0) is 23.1 Å². The van der Waals surface area contributed by atoms with E-state index in [4.69, 9.17) is 0 Å². The van der Waals surface area contributed by atoms with Gasteiger partial charge in [0.05, 0.1) is 16.6 Å². The van der Waals surface area contributed by atoms with Crippen molar-refractivity contribution in [3.63, 3.8) is 0 Å². The molecule has 0 saturated heterocycles. The first kappa shape index (κ1) is 19.1. The predicted octanol–water partition coefficient (Wildman–Crippen LogP) is 0.821. The van der Waals surface area contributed by atoms with E-state index in [1.165, 1.54) is 11.5 Å². The summed E-state index contributed by atoms with van der Waals surface area (Å²) < 4.78 is 2.48. The van der Waals surface area contributed by atoms with E-state index in [1.807, 2.05) is 0 Å². The van der Waals surface area contributed by atoms with Crippen molar-refractivity contribution in [1.29, 1.82) is 0 Å². The molecule has 8 nitrogen and oxygen atoms in total. The zero-order valence-corrected chi connectivity index (χ0v) is 15.4. The number of hydrogen-bond donors (Lipinski definition) is 2. The van der Waals surface area contributed by atoms with Crippen molar-refractivity contribution in [2.24, 2.45) is 7.05 Å². The topological polar surface area (TPSA) is 110 Å². The first-order chi connectivity index (χ1) is 13.3. The van der Waals surface area contributed by atoms with Gasteiger partial charge < -0.3 is 10.4 Å². The highest BCUT2D eigenvalue weighted by Crippen LogP contribution is 2.11. The number of nitrogens with one attached hydrogen (secondary N) is 1. The molecule has 8 heteroatoms. The molecule has 2 aromatic carbocycles. The Morgan fingerprint density at radius 3 is 2.32 bits per heavy atom. The Labute approximate surface area is 159 Å². The average Bonchev–Trinajstić information content (AvgIpc) is 2.66.